The maximum Gasteiger partial charge on any atom is 0.190 e. The van der Waals surface area contributed by atoms with E-state index < -0.39 is 0 Å². The Labute approximate surface area is 164 Å². The van der Waals surface area contributed by atoms with Crippen LogP contribution in [0.15, 0.2) is 59.2 Å². The highest BCUT2D eigenvalue weighted by Crippen LogP contribution is 2.28. The van der Waals surface area contributed by atoms with Gasteiger partial charge in [-0.15, -0.1) is 11.3 Å². The van der Waals surface area contributed by atoms with Crippen LogP contribution in [0.2, 0.25) is 0 Å². The number of thiazole rings is 1. The van der Waals surface area contributed by atoms with E-state index in [2.05, 4.69) is 27.1 Å². The van der Waals surface area contributed by atoms with Gasteiger partial charge in [-0.25, -0.2) is 4.99 Å². The van der Waals surface area contributed by atoms with E-state index in [4.69, 9.17) is 9.73 Å². The van der Waals surface area contributed by atoms with Gasteiger partial charge in [0, 0.05) is 18.1 Å². The van der Waals surface area contributed by atoms with Crippen LogP contribution in [-0.2, 0) is 6.54 Å². The van der Waals surface area contributed by atoms with E-state index in [0.717, 1.165) is 28.7 Å². The van der Waals surface area contributed by atoms with Crippen LogP contribution in [0.3, 0.4) is 0 Å². The van der Waals surface area contributed by atoms with Crippen molar-refractivity contribution in [1.29, 1.82) is 0 Å². The minimum atomic E-state index is 0.734. The van der Waals surface area contributed by atoms with Gasteiger partial charge in [0.15, 0.2) is 4.80 Å². The Morgan fingerprint density at radius 1 is 1.15 bits per heavy atom. The first-order valence-electron chi connectivity index (χ1n) is 9.61. The maximum atomic E-state index is 5.31. The number of hydrogen-bond acceptors (Lipinski definition) is 4. The molecule has 4 nitrogen and oxygen atoms in total. The molecule has 1 aliphatic carbocycles. The number of benzene rings is 1. The molecular formula is C22H25N3OS. The Hall–Kier alpha value is -2.40. The van der Waals surface area contributed by atoms with E-state index in [-0.39, 0.29) is 0 Å². The van der Waals surface area contributed by atoms with Gasteiger partial charge >= 0.3 is 0 Å². The van der Waals surface area contributed by atoms with Crippen LogP contribution in [0.5, 0.6) is 5.75 Å². The van der Waals surface area contributed by atoms with Gasteiger partial charge < -0.3 is 9.30 Å². The third-order valence-electron chi connectivity index (χ3n) is 5.22. The fourth-order valence-corrected chi connectivity index (χ4v) is 4.68. The van der Waals surface area contributed by atoms with Gasteiger partial charge in [-0.2, -0.15) is 0 Å². The zero-order chi connectivity index (χ0) is 18.5. The number of rotatable bonds is 5. The summed E-state index contributed by atoms with van der Waals surface area (Å²) in [5, 5.41) is 2.22. The van der Waals surface area contributed by atoms with Crippen LogP contribution in [0.4, 0.5) is 5.69 Å². The molecule has 0 N–H and O–H groups in total. The number of aromatic nitrogens is 2. The van der Waals surface area contributed by atoms with Gasteiger partial charge in [-0.1, -0.05) is 19.3 Å². The molecule has 0 amide bonds. The fraction of sp³-hybridized carbons (Fsp3) is 0.364. The molecule has 27 heavy (non-hydrogen) atoms. The molecule has 0 spiro atoms. The van der Waals surface area contributed by atoms with Crippen molar-refractivity contribution in [2.75, 3.05) is 7.11 Å². The minimum Gasteiger partial charge on any atom is -0.497 e. The van der Waals surface area contributed by atoms with E-state index in [1.54, 1.807) is 24.6 Å². The van der Waals surface area contributed by atoms with Gasteiger partial charge in [0.2, 0.25) is 0 Å². The second-order valence-electron chi connectivity index (χ2n) is 7.07. The van der Waals surface area contributed by atoms with Crippen molar-refractivity contribution < 1.29 is 4.74 Å². The quantitative estimate of drug-likeness (QED) is 0.593. The van der Waals surface area contributed by atoms with Gasteiger partial charge in [0.05, 0.1) is 24.7 Å². The Morgan fingerprint density at radius 3 is 2.67 bits per heavy atom. The fourth-order valence-electron chi connectivity index (χ4n) is 3.75. The van der Waals surface area contributed by atoms with Gasteiger partial charge in [0.25, 0.3) is 0 Å². The van der Waals surface area contributed by atoms with E-state index >= 15 is 0 Å². The molecule has 1 aromatic carbocycles. The van der Waals surface area contributed by atoms with Crippen molar-refractivity contribution >= 4 is 17.0 Å². The van der Waals surface area contributed by atoms with Crippen molar-refractivity contribution in [2.24, 2.45) is 10.9 Å². The molecule has 1 saturated carbocycles. The lowest BCUT2D eigenvalue weighted by molar-refractivity contribution is 0.318. The summed E-state index contributed by atoms with van der Waals surface area (Å²) in [7, 11) is 1.70. The first-order chi connectivity index (χ1) is 13.3. The summed E-state index contributed by atoms with van der Waals surface area (Å²) in [6.45, 7) is 1.03. The van der Waals surface area contributed by atoms with Crippen molar-refractivity contribution in [1.82, 2.24) is 9.55 Å². The molecule has 1 aliphatic rings. The highest BCUT2D eigenvalue weighted by Gasteiger charge is 2.17. The minimum absolute atomic E-state index is 0.734. The second kappa shape index (κ2) is 8.53. The van der Waals surface area contributed by atoms with Crippen LogP contribution in [0.25, 0.3) is 11.3 Å². The molecule has 2 aromatic heterocycles. The van der Waals surface area contributed by atoms with Gasteiger partial charge in [-0.05, 0) is 60.7 Å². The van der Waals surface area contributed by atoms with E-state index in [0.29, 0.717) is 0 Å². The predicted molar refractivity (Wildman–Crippen MR) is 110 cm³/mol. The number of ether oxygens (including phenoxy) is 1. The first-order valence-corrected chi connectivity index (χ1v) is 10.5. The van der Waals surface area contributed by atoms with Crippen LogP contribution in [0.1, 0.15) is 32.1 Å². The lowest BCUT2D eigenvalue weighted by Crippen LogP contribution is -2.22. The summed E-state index contributed by atoms with van der Waals surface area (Å²) in [5.74, 6) is 1.62. The average molecular weight is 380 g/mol. The van der Waals surface area contributed by atoms with E-state index in [9.17, 15) is 0 Å². The molecule has 0 radical (unpaired) electrons. The molecule has 0 bridgehead atoms. The van der Waals surface area contributed by atoms with Gasteiger partial charge in [0.1, 0.15) is 5.75 Å². The molecule has 0 atom stereocenters. The van der Waals surface area contributed by atoms with Crippen LogP contribution >= 0.6 is 11.3 Å². The second-order valence-corrected chi connectivity index (χ2v) is 7.91. The van der Waals surface area contributed by atoms with Crippen LogP contribution in [0, 0.1) is 5.92 Å². The third-order valence-corrected chi connectivity index (χ3v) is 6.08. The van der Waals surface area contributed by atoms with E-state index in [1.807, 2.05) is 30.5 Å². The molecule has 0 unspecified atom stereocenters. The smallest absolute Gasteiger partial charge is 0.190 e. The summed E-state index contributed by atoms with van der Waals surface area (Å²) in [4.78, 5) is 10.1. The van der Waals surface area contributed by atoms with Gasteiger partial charge in [-0.3, -0.25) is 4.98 Å². The molecule has 5 heteroatoms. The Balaban J connectivity index is 1.74. The Bertz CT molecular complexity index is 922. The van der Waals surface area contributed by atoms with Crippen molar-refractivity contribution in [3.63, 3.8) is 0 Å². The lowest BCUT2D eigenvalue weighted by Gasteiger charge is -2.23. The van der Waals surface area contributed by atoms with Crippen LogP contribution in [-0.4, -0.2) is 16.7 Å². The molecular weight excluding hydrogens is 354 g/mol. The van der Waals surface area contributed by atoms with E-state index in [1.165, 1.54) is 43.4 Å². The number of pyridine rings is 1. The Kier molecular flexibility index (Phi) is 5.68. The summed E-state index contributed by atoms with van der Waals surface area (Å²) in [6, 6.07) is 12.2. The number of hydrogen-bond donors (Lipinski definition) is 0. The zero-order valence-corrected chi connectivity index (χ0v) is 16.5. The topological polar surface area (TPSA) is 39.4 Å². The molecule has 2 heterocycles. The molecule has 0 aliphatic heterocycles. The Morgan fingerprint density at radius 2 is 1.96 bits per heavy atom. The summed E-state index contributed by atoms with van der Waals surface area (Å²) >= 11 is 1.70. The molecule has 0 saturated heterocycles. The van der Waals surface area contributed by atoms with Crippen molar-refractivity contribution in [3.05, 3.63) is 59.0 Å². The monoisotopic (exact) mass is 379 g/mol. The summed E-state index contributed by atoms with van der Waals surface area (Å²) in [6.07, 6.45) is 10.3. The number of nitrogens with zero attached hydrogens (tertiary/aromatic N) is 3. The highest BCUT2D eigenvalue weighted by molar-refractivity contribution is 7.07. The maximum absolute atomic E-state index is 5.31. The largest absolute Gasteiger partial charge is 0.497 e. The standard InChI is InChI=1S/C22H25N3OS/c1-26-20-11-9-18(10-12-20)21-16-27-22(24-19-8-5-13-23-14-19)25(21)15-17-6-3-2-4-7-17/h5,8-14,16-17H,2-4,6-7,15H2,1H3. The summed E-state index contributed by atoms with van der Waals surface area (Å²) < 4.78 is 7.71. The van der Waals surface area contributed by atoms with Crippen molar-refractivity contribution in [3.8, 4) is 17.0 Å². The highest BCUT2D eigenvalue weighted by atomic mass is 32.1. The van der Waals surface area contributed by atoms with Crippen LogP contribution < -0.4 is 9.54 Å². The summed E-state index contributed by atoms with van der Waals surface area (Å²) in [5.41, 5.74) is 3.34. The molecule has 140 valence electrons. The predicted octanol–water partition coefficient (Wildman–Crippen LogP) is 5.43. The zero-order valence-electron chi connectivity index (χ0n) is 15.7. The SMILES string of the molecule is COc1ccc(-c2csc(=Nc3cccnc3)n2CC2CCCCC2)cc1. The van der Waals surface area contributed by atoms with Crippen molar-refractivity contribution in [2.45, 2.75) is 38.6 Å². The average Bonchev–Trinajstić information content (AvgIpc) is 3.12. The molecule has 3 aromatic rings. The third kappa shape index (κ3) is 4.30. The molecule has 1 fully saturated rings. The first kappa shape index (κ1) is 18.0. The lowest BCUT2D eigenvalue weighted by atomic mass is 9.89. The molecule has 4 rings (SSSR count). The normalized spacial score (nSPS) is 15.8. The number of methoxy groups -OCH3 is 1.